The molecule has 1 aliphatic carbocycles. The standard InChI is InChI=1S/C13H18IN3O/c1-15-13-10(14)11(8-2-3-8)16-12(17-13)9-4-6-18-7-5-9/h8-9H,2-7H2,1H3,(H,15,16,17). The molecule has 0 bridgehead atoms. The average Bonchev–Trinajstić information content (AvgIpc) is 3.24. The smallest absolute Gasteiger partial charge is 0.143 e. The maximum Gasteiger partial charge on any atom is 0.143 e. The molecule has 0 radical (unpaired) electrons. The van der Waals surface area contributed by atoms with Crippen LogP contribution in [0.25, 0.3) is 0 Å². The van der Waals surface area contributed by atoms with Crippen molar-refractivity contribution in [1.29, 1.82) is 0 Å². The molecule has 1 aromatic heterocycles. The Morgan fingerprint density at radius 3 is 2.44 bits per heavy atom. The molecule has 4 nitrogen and oxygen atoms in total. The Hall–Kier alpha value is -0.430. The fourth-order valence-corrected chi connectivity index (χ4v) is 3.37. The predicted octanol–water partition coefficient (Wildman–Crippen LogP) is 2.89. The summed E-state index contributed by atoms with van der Waals surface area (Å²) in [6.45, 7) is 1.68. The molecule has 1 N–H and O–H groups in total. The lowest BCUT2D eigenvalue weighted by Gasteiger charge is -2.22. The summed E-state index contributed by atoms with van der Waals surface area (Å²) in [5.74, 6) is 3.16. The van der Waals surface area contributed by atoms with Gasteiger partial charge in [-0.05, 0) is 48.3 Å². The van der Waals surface area contributed by atoms with Gasteiger partial charge in [0, 0.05) is 32.1 Å². The van der Waals surface area contributed by atoms with Crippen LogP contribution in [-0.2, 0) is 4.74 Å². The van der Waals surface area contributed by atoms with E-state index in [1.165, 1.54) is 22.1 Å². The number of anilines is 1. The lowest BCUT2D eigenvalue weighted by molar-refractivity contribution is 0.0835. The number of rotatable bonds is 3. The van der Waals surface area contributed by atoms with Gasteiger partial charge in [-0.3, -0.25) is 0 Å². The number of nitrogens with one attached hydrogen (secondary N) is 1. The van der Waals surface area contributed by atoms with Crippen LogP contribution in [0.2, 0.25) is 0 Å². The normalized spacial score (nSPS) is 21.0. The van der Waals surface area contributed by atoms with Crippen molar-refractivity contribution in [2.24, 2.45) is 0 Å². The summed E-state index contributed by atoms with van der Waals surface area (Å²) in [5, 5.41) is 3.21. The first-order valence-corrected chi connectivity index (χ1v) is 7.70. The molecule has 2 aliphatic rings. The molecule has 0 amide bonds. The lowest BCUT2D eigenvalue weighted by Crippen LogP contribution is -2.18. The van der Waals surface area contributed by atoms with Crippen LogP contribution < -0.4 is 5.32 Å². The molecule has 0 spiro atoms. The molecule has 2 heterocycles. The highest BCUT2D eigenvalue weighted by Gasteiger charge is 2.30. The maximum atomic E-state index is 5.42. The molecule has 0 aromatic carbocycles. The molecule has 3 rings (SSSR count). The number of ether oxygens (including phenoxy) is 1. The average molecular weight is 359 g/mol. The zero-order chi connectivity index (χ0) is 12.5. The summed E-state index contributed by atoms with van der Waals surface area (Å²) in [4.78, 5) is 9.55. The summed E-state index contributed by atoms with van der Waals surface area (Å²) in [6.07, 6.45) is 4.66. The van der Waals surface area contributed by atoms with E-state index in [2.05, 4.69) is 27.9 Å². The summed E-state index contributed by atoms with van der Waals surface area (Å²) in [7, 11) is 1.94. The van der Waals surface area contributed by atoms with Gasteiger partial charge in [-0.15, -0.1) is 0 Å². The Balaban J connectivity index is 1.95. The van der Waals surface area contributed by atoms with E-state index in [0.717, 1.165) is 37.7 Å². The SMILES string of the molecule is CNc1nc(C2CCOCC2)nc(C2CC2)c1I. The Labute approximate surface area is 121 Å². The van der Waals surface area contributed by atoms with E-state index in [4.69, 9.17) is 14.7 Å². The van der Waals surface area contributed by atoms with Gasteiger partial charge < -0.3 is 10.1 Å². The van der Waals surface area contributed by atoms with Crippen molar-refractivity contribution < 1.29 is 4.74 Å². The van der Waals surface area contributed by atoms with Gasteiger partial charge in [0.15, 0.2) is 0 Å². The zero-order valence-corrected chi connectivity index (χ0v) is 12.7. The molecule has 1 aliphatic heterocycles. The maximum absolute atomic E-state index is 5.42. The monoisotopic (exact) mass is 359 g/mol. The van der Waals surface area contributed by atoms with Gasteiger partial charge in [0.2, 0.25) is 0 Å². The van der Waals surface area contributed by atoms with E-state index >= 15 is 0 Å². The van der Waals surface area contributed by atoms with E-state index in [9.17, 15) is 0 Å². The molecular weight excluding hydrogens is 341 g/mol. The molecular formula is C13H18IN3O. The number of halogens is 1. The highest BCUT2D eigenvalue weighted by Crippen LogP contribution is 2.43. The number of hydrogen-bond donors (Lipinski definition) is 1. The topological polar surface area (TPSA) is 47.0 Å². The molecule has 5 heteroatoms. The number of hydrogen-bond acceptors (Lipinski definition) is 4. The molecule has 1 saturated carbocycles. The van der Waals surface area contributed by atoms with Gasteiger partial charge in [-0.2, -0.15) is 0 Å². The second kappa shape index (κ2) is 5.28. The minimum Gasteiger partial charge on any atom is -0.381 e. The van der Waals surface area contributed by atoms with Gasteiger partial charge in [0.1, 0.15) is 11.6 Å². The van der Waals surface area contributed by atoms with Gasteiger partial charge in [0.05, 0.1) is 9.26 Å². The van der Waals surface area contributed by atoms with Crippen LogP contribution in [0.15, 0.2) is 0 Å². The molecule has 1 aromatic rings. The first-order valence-electron chi connectivity index (χ1n) is 6.62. The van der Waals surface area contributed by atoms with Crippen molar-refractivity contribution in [3.05, 3.63) is 15.1 Å². The molecule has 2 fully saturated rings. The Kier molecular flexibility index (Phi) is 3.70. The predicted molar refractivity (Wildman–Crippen MR) is 79.1 cm³/mol. The van der Waals surface area contributed by atoms with E-state index in [1.54, 1.807) is 0 Å². The van der Waals surface area contributed by atoms with Crippen LogP contribution in [-0.4, -0.2) is 30.2 Å². The first-order chi connectivity index (χ1) is 8.79. The van der Waals surface area contributed by atoms with E-state index < -0.39 is 0 Å². The minimum atomic E-state index is 0.473. The second-order valence-corrected chi connectivity index (χ2v) is 6.12. The fraction of sp³-hybridized carbons (Fsp3) is 0.692. The molecule has 98 valence electrons. The Morgan fingerprint density at radius 2 is 1.83 bits per heavy atom. The number of nitrogens with zero attached hydrogens (tertiary/aromatic N) is 2. The third-order valence-electron chi connectivity index (χ3n) is 3.68. The second-order valence-electron chi connectivity index (χ2n) is 5.04. The zero-order valence-electron chi connectivity index (χ0n) is 10.6. The summed E-state index contributed by atoms with van der Waals surface area (Å²) in [5.41, 5.74) is 1.26. The third kappa shape index (κ3) is 2.47. The molecule has 1 saturated heterocycles. The largest absolute Gasteiger partial charge is 0.381 e. The summed E-state index contributed by atoms with van der Waals surface area (Å²) in [6, 6.07) is 0. The van der Waals surface area contributed by atoms with Crippen molar-refractivity contribution in [1.82, 2.24) is 9.97 Å². The highest BCUT2D eigenvalue weighted by atomic mass is 127. The van der Waals surface area contributed by atoms with Crippen molar-refractivity contribution in [2.75, 3.05) is 25.6 Å². The molecule has 0 atom stereocenters. The van der Waals surface area contributed by atoms with Crippen LogP contribution >= 0.6 is 22.6 Å². The molecule has 0 unspecified atom stereocenters. The minimum absolute atomic E-state index is 0.473. The summed E-state index contributed by atoms with van der Waals surface area (Å²) < 4.78 is 6.62. The van der Waals surface area contributed by atoms with Crippen LogP contribution in [0.1, 0.15) is 49.0 Å². The molecule has 18 heavy (non-hydrogen) atoms. The number of aromatic nitrogens is 2. The lowest BCUT2D eigenvalue weighted by atomic mass is 9.99. The van der Waals surface area contributed by atoms with E-state index in [-0.39, 0.29) is 0 Å². The van der Waals surface area contributed by atoms with Gasteiger partial charge in [-0.25, -0.2) is 9.97 Å². The van der Waals surface area contributed by atoms with Crippen molar-refractivity contribution >= 4 is 28.4 Å². The first kappa shape index (κ1) is 12.6. The Bertz CT molecular complexity index is 442. The van der Waals surface area contributed by atoms with Gasteiger partial charge >= 0.3 is 0 Å². The van der Waals surface area contributed by atoms with Gasteiger partial charge in [-0.1, -0.05) is 0 Å². The van der Waals surface area contributed by atoms with Gasteiger partial charge in [0.25, 0.3) is 0 Å². The van der Waals surface area contributed by atoms with Crippen LogP contribution in [0.5, 0.6) is 0 Å². The van der Waals surface area contributed by atoms with Crippen molar-refractivity contribution in [3.63, 3.8) is 0 Å². The third-order valence-corrected chi connectivity index (χ3v) is 4.74. The van der Waals surface area contributed by atoms with E-state index in [1.807, 2.05) is 7.05 Å². The van der Waals surface area contributed by atoms with Crippen LogP contribution in [0.3, 0.4) is 0 Å². The van der Waals surface area contributed by atoms with Crippen LogP contribution in [0.4, 0.5) is 5.82 Å². The Morgan fingerprint density at radius 1 is 1.11 bits per heavy atom. The summed E-state index contributed by atoms with van der Waals surface area (Å²) >= 11 is 2.37. The van der Waals surface area contributed by atoms with E-state index in [0.29, 0.717) is 11.8 Å². The fourth-order valence-electron chi connectivity index (χ4n) is 2.41. The quantitative estimate of drug-likeness (QED) is 0.844. The highest BCUT2D eigenvalue weighted by molar-refractivity contribution is 14.1. The van der Waals surface area contributed by atoms with Crippen molar-refractivity contribution in [3.8, 4) is 0 Å². The van der Waals surface area contributed by atoms with Crippen LogP contribution in [0, 0.1) is 3.57 Å². The van der Waals surface area contributed by atoms with Crippen molar-refractivity contribution in [2.45, 2.75) is 37.5 Å².